The number of aliphatic hydroxyl groups excluding tert-OH is 1. The van der Waals surface area contributed by atoms with Crippen LogP contribution in [-0.4, -0.2) is 34.3 Å². The number of piperidine rings is 1. The number of hydrogen-bond donors (Lipinski definition) is 1. The molecule has 1 aliphatic rings. The Morgan fingerprint density at radius 1 is 1.53 bits per heavy atom. The van der Waals surface area contributed by atoms with Gasteiger partial charge in [0.15, 0.2) is 0 Å². The molecule has 82 valence electrons. The number of aryl methyl sites for hydroxylation is 1. The summed E-state index contributed by atoms with van der Waals surface area (Å²) in [7, 11) is 0. The van der Waals surface area contributed by atoms with Crippen molar-refractivity contribution in [2.24, 2.45) is 0 Å². The summed E-state index contributed by atoms with van der Waals surface area (Å²) in [6, 6.07) is 1.74. The van der Waals surface area contributed by atoms with Crippen LogP contribution in [0.2, 0.25) is 5.15 Å². The molecule has 1 aliphatic heterocycles. The number of hydrogen-bond acceptors (Lipinski definition) is 4. The standard InChI is InChI=1S/C10H14ClN3O/c1-7-12-9(11)5-10(13-7)14-4-2-3-8(15)6-14/h5,8,15H,2-4,6H2,1H3/t8-/m0/s1. The second kappa shape index (κ2) is 4.33. The predicted molar refractivity (Wildman–Crippen MR) is 59.2 cm³/mol. The van der Waals surface area contributed by atoms with Crippen LogP contribution < -0.4 is 4.90 Å². The fourth-order valence-corrected chi connectivity index (χ4v) is 2.06. The third-order valence-electron chi connectivity index (χ3n) is 2.51. The highest BCUT2D eigenvalue weighted by atomic mass is 35.5. The molecule has 1 N–H and O–H groups in total. The summed E-state index contributed by atoms with van der Waals surface area (Å²) in [5.41, 5.74) is 0. The Morgan fingerprint density at radius 3 is 3.00 bits per heavy atom. The van der Waals surface area contributed by atoms with Gasteiger partial charge in [0.25, 0.3) is 0 Å². The molecule has 15 heavy (non-hydrogen) atoms. The quantitative estimate of drug-likeness (QED) is 0.737. The maximum Gasteiger partial charge on any atom is 0.134 e. The van der Waals surface area contributed by atoms with Crippen LogP contribution in [0.1, 0.15) is 18.7 Å². The van der Waals surface area contributed by atoms with Crippen LogP contribution in [0.15, 0.2) is 6.07 Å². The zero-order valence-electron chi connectivity index (χ0n) is 8.65. The van der Waals surface area contributed by atoms with E-state index in [1.807, 2.05) is 6.92 Å². The van der Waals surface area contributed by atoms with E-state index in [0.29, 0.717) is 17.5 Å². The molecule has 1 aromatic heterocycles. The number of aromatic nitrogens is 2. The van der Waals surface area contributed by atoms with Gasteiger partial charge in [0.2, 0.25) is 0 Å². The molecule has 5 heteroatoms. The average molecular weight is 228 g/mol. The lowest BCUT2D eigenvalue weighted by Gasteiger charge is -2.31. The van der Waals surface area contributed by atoms with Gasteiger partial charge >= 0.3 is 0 Å². The van der Waals surface area contributed by atoms with E-state index in [4.69, 9.17) is 11.6 Å². The Hall–Kier alpha value is -0.870. The van der Waals surface area contributed by atoms with E-state index in [0.717, 1.165) is 25.2 Å². The molecule has 1 aromatic rings. The highest BCUT2D eigenvalue weighted by molar-refractivity contribution is 6.29. The lowest BCUT2D eigenvalue weighted by molar-refractivity contribution is 0.154. The second-order valence-corrected chi connectivity index (χ2v) is 4.23. The zero-order valence-corrected chi connectivity index (χ0v) is 9.41. The SMILES string of the molecule is Cc1nc(Cl)cc(N2CCC[C@H](O)C2)n1. The number of anilines is 1. The van der Waals surface area contributed by atoms with E-state index < -0.39 is 0 Å². The summed E-state index contributed by atoms with van der Waals surface area (Å²) in [6.07, 6.45) is 1.60. The lowest BCUT2D eigenvalue weighted by Crippen LogP contribution is -2.38. The van der Waals surface area contributed by atoms with Crippen molar-refractivity contribution in [1.82, 2.24) is 9.97 Å². The van der Waals surface area contributed by atoms with Gasteiger partial charge in [-0.2, -0.15) is 0 Å². The topological polar surface area (TPSA) is 49.2 Å². The van der Waals surface area contributed by atoms with E-state index in [2.05, 4.69) is 14.9 Å². The van der Waals surface area contributed by atoms with Crippen LogP contribution >= 0.6 is 11.6 Å². The van der Waals surface area contributed by atoms with Gasteiger partial charge in [0.05, 0.1) is 6.10 Å². The molecular weight excluding hydrogens is 214 g/mol. The first-order chi connectivity index (χ1) is 7.15. The van der Waals surface area contributed by atoms with Crippen LogP contribution in [0.25, 0.3) is 0 Å². The summed E-state index contributed by atoms with van der Waals surface area (Å²) in [6.45, 7) is 3.37. The Kier molecular flexibility index (Phi) is 3.07. The zero-order chi connectivity index (χ0) is 10.8. The third kappa shape index (κ3) is 2.58. The first-order valence-corrected chi connectivity index (χ1v) is 5.47. The van der Waals surface area contributed by atoms with Crippen molar-refractivity contribution in [3.63, 3.8) is 0 Å². The normalized spacial score (nSPS) is 21.8. The molecule has 0 amide bonds. The van der Waals surface area contributed by atoms with Gasteiger partial charge in [0.1, 0.15) is 16.8 Å². The second-order valence-electron chi connectivity index (χ2n) is 3.84. The molecule has 1 fully saturated rings. The minimum absolute atomic E-state index is 0.257. The Labute approximate surface area is 93.9 Å². The number of β-amino-alcohol motifs (C(OH)–C–C–N with tert-alkyl or cyclic N) is 1. The lowest BCUT2D eigenvalue weighted by atomic mass is 10.1. The van der Waals surface area contributed by atoms with E-state index in [-0.39, 0.29) is 6.10 Å². The van der Waals surface area contributed by atoms with Crippen LogP contribution in [0.4, 0.5) is 5.82 Å². The van der Waals surface area contributed by atoms with Gasteiger partial charge in [-0.05, 0) is 19.8 Å². The third-order valence-corrected chi connectivity index (χ3v) is 2.71. The van der Waals surface area contributed by atoms with Gasteiger partial charge in [0, 0.05) is 19.2 Å². The molecule has 2 heterocycles. The van der Waals surface area contributed by atoms with E-state index in [9.17, 15) is 5.11 Å². The molecule has 0 radical (unpaired) electrons. The van der Waals surface area contributed by atoms with Crippen molar-refractivity contribution >= 4 is 17.4 Å². The largest absolute Gasteiger partial charge is 0.391 e. The number of aliphatic hydroxyl groups is 1. The van der Waals surface area contributed by atoms with Crippen molar-refractivity contribution in [2.75, 3.05) is 18.0 Å². The average Bonchev–Trinajstić information content (AvgIpc) is 2.16. The maximum atomic E-state index is 9.56. The van der Waals surface area contributed by atoms with Crippen molar-refractivity contribution in [3.05, 3.63) is 17.0 Å². The molecule has 0 spiro atoms. The predicted octanol–water partition coefficient (Wildman–Crippen LogP) is 1.40. The molecule has 0 aromatic carbocycles. The van der Waals surface area contributed by atoms with Crippen LogP contribution in [0, 0.1) is 6.92 Å². The van der Waals surface area contributed by atoms with Gasteiger partial charge in [-0.1, -0.05) is 11.6 Å². The van der Waals surface area contributed by atoms with Crippen molar-refractivity contribution in [3.8, 4) is 0 Å². The molecule has 2 rings (SSSR count). The van der Waals surface area contributed by atoms with Crippen molar-refractivity contribution in [2.45, 2.75) is 25.9 Å². The first kappa shape index (κ1) is 10.6. The molecule has 0 aliphatic carbocycles. The van der Waals surface area contributed by atoms with Crippen molar-refractivity contribution < 1.29 is 5.11 Å². The molecule has 4 nitrogen and oxygen atoms in total. The summed E-state index contributed by atoms with van der Waals surface area (Å²) in [4.78, 5) is 10.4. The van der Waals surface area contributed by atoms with Crippen molar-refractivity contribution in [1.29, 1.82) is 0 Å². The molecule has 1 atom stereocenters. The van der Waals surface area contributed by atoms with Gasteiger partial charge < -0.3 is 10.0 Å². The van der Waals surface area contributed by atoms with Gasteiger partial charge in [-0.25, -0.2) is 9.97 Å². The van der Waals surface area contributed by atoms with Gasteiger partial charge in [-0.3, -0.25) is 0 Å². The number of nitrogens with zero attached hydrogens (tertiary/aromatic N) is 3. The summed E-state index contributed by atoms with van der Waals surface area (Å²) >= 11 is 5.87. The maximum absolute atomic E-state index is 9.56. The molecule has 0 bridgehead atoms. The van der Waals surface area contributed by atoms with Crippen LogP contribution in [0.3, 0.4) is 0 Å². The smallest absolute Gasteiger partial charge is 0.134 e. The molecule has 1 saturated heterocycles. The van der Waals surface area contributed by atoms with Crippen LogP contribution in [-0.2, 0) is 0 Å². The highest BCUT2D eigenvalue weighted by Gasteiger charge is 2.19. The fourth-order valence-electron chi connectivity index (χ4n) is 1.84. The Balaban J connectivity index is 2.20. The summed E-state index contributed by atoms with van der Waals surface area (Å²) in [5.74, 6) is 1.48. The van der Waals surface area contributed by atoms with Crippen LogP contribution in [0.5, 0.6) is 0 Å². The number of halogens is 1. The monoisotopic (exact) mass is 227 g/mol. The summed E-state index contributed by atoms with van der Waals surface area (Å²) in [5, 5.41) is 10.0. The Morgan fingerprint density at radius 2 is 2.33 bits per heavy atom. The molecular formula is C10H14ClN3O. The first-order valence-electron chi connectivity index (χ1n) is 5.09. The van der Waals surface area contributed by atoms with Gasteiger partial charge in [-0.15, -0.1) is 0 Å². The molecule has 0 saturated carbocycles. The minimum atomic E-state index is -0.257. The van der Waals surface area contributed by atoms with E-state index in [1.165, 1.54) is 0 Å². The van der Waals surface area contributed by atoms with E-state index in [1.54, 1.807) is 6.07 Å². The minimum Gasteiger partial charge on any atom is -0.391 e. The summed E-state index contributed by atoms with van der Waals surface area (Å²) < 4.78 is 0. The number of rotatable bonds is 1. The fraction of sp³-hybridized carbons (Fsp3) is 0.600. The van der Waals surface area contributed by atoms with E-state index >= 15 is 0 Å². The Bertz CT molecular complexity index is 338. The molecule has 0 unspecified atom stereocenters. The highest BCUT2D eigenvalue weighted by Crippen LogP contribution is 2.20.